The van der Waals surface area contributed by atoms with Gasteiger partial charge in [0.15, 0.2) is 12.0 Å². The molecule has 0 aliphatic heterocycles. The number of para-hydroxylation sites is 2. The number of esters is 1. The highest BCUT2D eigenvalue weighted by Crippen LogP contribution is 2.19. The van der Waals surface area contributed by atoms with Crippen LogP contribution in [-0.2, 0) is 27.4 Å². The summed E-state index contributed by atoms with van der Waals surface area (Å²) in [6.07, 6.45) is 0. The molecule has 0 unspecified atom stereocenters. The van der Waals surface area contributed by atoms with Crippen molar-refractivity contribution in [1.29, 1.82) is 0 Å². The largest absolute Gasteiger partial charge is 0.454 e. The molecule has 0 saturated heterocycles. The zero-order valence-corrected chi connectivity index (χ0v) is 17.3. The van der Waals surface area contributed by atoms with Crippen LogP contribution in [0.1, 0.15) is 5.56 Å². The highest BCUT2D eigenvalue weighted by molar-refractivity contribution is 6.31. The Balaban J connectivity index is 1.47. The number of fused-ring (bicyclic) bond motifs is 2. The van der Waals surface area contributed by atoms with Crippen LogP contribution in [0.5, 0.6) is 0 Å². The Morgan fingerprint density at radius 3 is 2.10 bits per heavy atom. The molecule has 1 N–H and O–H groups in total. The van der Waals surface area contributed by atoms with Crippen molar-refractivity contribution in [1.82, 2.24) is 9.88 Å². The number of halogens is 1. The molecule has 0 aliphatic rings. The summed E-state index contributed by atoms with van der Waals surface area (Å²) in [5.41, 5.74) is 1.95. The molecule has 1 heterocycles. The first-order valence-electron chi connectivity index (χ1n) is 9.70. The molecule has 7 heteroatoms. The third-order valence-corrected chi connectivity index (χ3v) is 5.33. The fourth-order valence-corrected chi connectivity index (χ4v) is 3.66. The summed E-state index contributed by atoms with van der Waals surface area (Å²) in [4.78, 5) is 37.3. The van der Waals surface area contributed by atoms with Crippen molar-refractivity contribution >= 4 is 45.3 Å². The van der Waals surface area contributed by atoms with Gasteiger partial charge in [0.2, 0.25) is 0 Å². The normalized spacial score (nSPS) is 10.9. The number of hydrogen-bond acceptors (Lipinski definition) is 4. The Bertz CT molecular complexity index is 1290. The second kappa shape index (κ2) is 9.02. The van der Waals surface area contributed by atoms with Crippen LogP contribution < -0.4 is 10.7 Å². The quantitative estimate of drug-likeness (QED) is 0.371. The highest BCUT2D eigenvalue weighted by Gasteiger charge is 2.14. The summed E-state index contributed by atoms with van der Waals surface area (Å²) in [7, 11) is 0. The van der Waals surface area contributed by atoms with Crippen LogP contribution in [0.15, 0.2) is 77.6 Å². The second-order valence-electron chi connectivity index (χ2n) is 6.98. The van der Waals surface area contributed by atoms with Gasteiger partial charge in [0.25, 0.3) is 5.91 Å². The molecule has 4 aromatic rings. The second-order valence-corrected chi connectivity index (χ2v) is 7.39. The van der Waals surface area contributed by atoms with E-state index in [2.05, 4.69) is 5.32 Å². The van der Waals surface area contributed by atoms with E-state index in [1.165, 1.54) is 0 Å². The SMILES string of the molecule is O=C(COC(=O)Cn1c2ccccc2c(=O)c2ccccc21)NCc1ccccc1Cl. The number of nitrogens with one attached hydrogen (secondary N) is 1. The van der Waals surface area contributed by atoms with E-state index in [4.69, 9.17) is 16.3 Å². The Labute approximate surface area is 183 Å². The molecule has 0 bridgehead atoms. The number of amides is 1. The lowest BCUT2D eigenvalue weighted by Crippen LogP contribution is -2.29. The van der Waals surface area contributed by atoms with Crippen LogP contribution in [0.3, 0.4) is 0 Å². The smallest absolute Gasteiger partial charge is 0.326 e. The van der Waals surface area contributed by atoms with Crippen molar-refractivity contribution in [3.63, 3.8) is 0 Å². The maximum absolute atomic E-state index is 12.8. The van der Waals surface area contributed by atoms with Crippen molar-refractivity contribution in [2.45, 2.75) is 13.1 Å². The van der Waals surface area contributed by atoms with Gasteiger partial charge in [-0.15, -0.1) is 0 Å². The van der Waals surface area contributed by atoms with Crippen LogP contribution in [0.2, 0.25) is 5.02 Å². The fourth-order valence-electron chi connectivity index (χ4n) is 3.45. The molecule has 4 rings (SSSR count). The van der Waals surface area contributed by atoms with Crippen molar-refractivity contribution in [3.8, 4) is 0 Å². The monoisotopic (exact) mass is 434 g/mol. The van der Waals surface area contributed by atoms with E-state index in [1.54, 1.807) is 71.3 Å². The van der Waals surface area contributed by atoms with Gasteiger partial charge in [0.05, 0.1) is 11.0 Å². The Hall–Kier alpha value is -3.64. The van der Waals surface area contributed by atoms with E-state index in [9.17, 15) is 14.4 Å². The van der Waals surface area contributed by atoms with Gasteiger partial charge in [-0.1, -0.05) is 54.1 Å². The molecule has 156 valence electrons. The van der Waals surface area contributed by atoms with E-state index >= 15 is 0 Å². The predicted octanol–water partition coefficient (Wildman–Crippen LogP) is 3.67. The van der Waals surface area contributed by atoms with E-state index in [1.807, 2.05) is 6.07 Å². The third-order valence-electron chi connectivity index (χ3n) is 4.96. The average Bonchev–Trinajstić information content (AvgIpc) is 2.80. The summed E-state index contributed by atoms with van der Waals surface area (Å²) in [5.74, 6) is -1.00. The molecular formula is C24H19ClN2O4. The van der Waals surface area contributed by atoms with Crippen LogP contribution in [-0.4, -0.2) is 23.1 Å². The summed E-state index contributed by atoms with van der Waals surface area (Å²) >= 11 is 6.07. The Kier molecular flexibility index (Phi) is 6.00. The number of nitrogens with zero attached hydrogens (tertiary/aromatic N) is 1. The van der Waals surface area contributed by atoms with Gasteiger partial charge in [0.1, 0.15) is 6.54 Å². The molecule has 1 aromatic heterocycles. The average molecular weight is 435 g/mol. The summed E-state index contributed by atoms with van der Waals surface area (Å²) in [6.45, 7) is -0.288. The molecule has 3 aromatic carbocycles. The summed E-state index contributed by atoms with van der Waals surface area (Å²) in [5, 5.41) is 4.27. The van der Waals surface area contributed by atoms with Gasteiger partial charge >= 0.3 is 5.97 Å². The Morgan fingerprint density at radius 1 is 0.871 bits per heavy atom. The zero-order chi connectivity index (χ0) is 21.8. The van der Waals surface area contributed by atoms with Crippen molar-refractivity contribution in [3.05, 3.63) is 93.6 Å². The number of aromatic nitrogens is 1. The van der Waals surface area contributed by atoms with Gasteiger partial charge in [-0.05, 0) is 35.9 Å². The van der Waals surface area contributed by atoms with Crippen molar-refractivity contribution in [2.75, 3.05) is 6.61 Å². The predicted molar refractivity (Wildman–Crippen MR) is 120 cm³/mol. The maximum atomic E-state index is 12.8. The van der Waals surface area contributed by atoms with Crippen LogP contribution in [0.4, 0.5) is 0 Å². The topological polar surface area (TPSA) is 77.4 Å². The first kappa shape index (κ1) is 20.6. The minimum absolute atomic E-state index is 0.0882. The minimum Gasteiger partial charge on any atom is -0.454 e. The summed E-state index contributed by atoms with van der Waals surface area (Å²) in [6, 6.07) is 21.4. The van der Waals surface area contributed by atoms with Crippen LogP contribution >= 0.6 is 11.6 Å². The maximum Gasteiger partial charge on any atom is 0.326 e. The van der Waals surface area contributed by atoms with Gasteiger partial charge in [-0.25, -0.2) is 0 Å². The number of ether oxygens (including phenoxy) is 1. The van der Waals surface area contributed by atoms with Crippen molar-refractivity contribution in [2.24, 2.45) is 0 Å². The van der Waals surface area contributed by atoms with Crippen LogP contribution in [0, 0.1) is 0 Å². The van der Waals surface area contributed by atoms with E-state index in [-0.39, 0.29) is 18.5 Å². The van der Waals surface area contributed by atoms with Crippen molar-refractivity contribution < 1.29 is 14.3 Å². The molecule has 31 heavy (non-hydrogen) atoms. The lowest BCUT2D eigenvalue weighted by Gasteiger charge is -2.14. The lowest BCUT2D eigenvalue weighted by molar-refractivity contribution is -0.149. The van der Waals surface area contributed by atoms with Gasteiger partial charge in [0, 0.05) is 22.3 Å². The van der Waals surface area contributed by atoms with E-state index < -0.39 is 18.5 Å². The summed E-state index contributed by atoms with van der Waals surface area (Å²) < 4.78 is 6.90. The van der Waals surface area contributed by atoms with Gasteiger partial charge in [-0.3, -0.25) is 14.4 Å². The fraction of sp³-hybridized carbons (Fsp3) is 0.125. The van der Waals surface area contributed by atoms with E-state index in [0.29, 0.717) is 26.8 Å². The van der Waals surface area contributed by atoms with E-state index in [0.717, 1.165) is 5.56 Å². The van der Waals surface area contributed by atoms with Gasteiger partial charge in [-0.2, -0.15) is 0 Å². The molecule has 6 nitrogen and oxygen atoms in total. The molecule has 0 atom stereocenters. The number of hydrogen-bond donors (Lipinski definition) is 1. The van der Waals surface area contributed by atoms with Gasteiger partial charge < -0.3 is 14.6 Å². The molecule has 0 fully saturated rings. The minimum atomic E-state index is -0.577. The highest BCUT2D eigenvalue weighted by atomic mass is 35.5. The zero-order valence-electron chi connectivity index (χ0n) is 16.5. The first-order chi connectivity index (χ1) is 15.0. The third kappa shape index (κ3) is 4.44. The number of benzene rings is 3. The molecule has 0 saturated carbocycles. The number of carbonyl (C=O) groups excluding carboxylic acids is 2. The molecule has 1 amide bonds. The molecule has 0 radical (unpaired) electrons. The molecule has 0 spiro atoms. The lowest BCUT2D eigenvalue weighted by atomic mass is 10.1. The van der Waals surface area contributed by atoms with Crippen LogP contribution in [0.25, 0.3) is 21.8 Å². The number of carbonyl (C=O) groups is 2. The number of rotatable bonds is 6. The molecular weight excluding hydrogens is 416 g/mol. The standard InChI is InChI=1S/C24H19ClN2O4/c25-19-10-4-1-7-16(19)13-26-22(28)15-31-23(29)14-27-20-11-5-2-8-17(20)24(30)18-9-3-6-12-21(18)27/h1-12H,13-15H2,(H,26,28). The number of pyridine rings is 1. The Morgan fingerprint density at radius 2 is 1.45 bits per heavy atom. The molecule has 0 aliphatic carbocycles. The first-order valence-corrected chi connectivity index (χ1v) is 10.1.